The first-order chi connectivity index (χ1) is 10.6. The molecule has 22 heavy (non-hydrogen) atoms. The van der Waals surface area contributed by atoms with Gasteiger partial charge in [-0.3, -0.25) is 4.79 Å². The Morgan fingerprint density at radius 1 is 1.09 bits per heavy atom. The Kier molecular flexibility index (Phi) is 4.36. The summed E-state index contributed by atoms with van der Waals surface area (Å²) in [7, 11) is 0. The number of carbonyl (C=O) groups excluding carboxylic acids is 1. The van der Waals surface area contributed by atoms with E-state index >= 15 is 0 Å². The molecule has 0 unspecified atom stereocenters. The van der Waals surface area contributed by atoms with Crippen molar-refractivity contribution in [1.82, 2.24) is 4.98 Å². The molecule has 0 fully saturated rings. The lowest BCUT2D eigenvalue weighted by atomic mass is 10.2. The molecule has 3 rings (SSSR count). The van der Waals surface area contributed by atoms with Crippen molar-refractivity contribution in [3.8, 4) is 10.6 Å². The average molecular weight is 373 g/mol. The third-order valence-corrected chi connectivity index (χ3v) is 4.86. The lowest BCUT2D eigenvalue weighted by Crippen LogP contribution is -2.11. The average Bonchev–Trinajstić information content (AvgIpc) is 2.91. The third kappa shape index (κ3) is 3.26. The molecule has 3 aromatic rings. The van der Waals surface area contributed by atoms with Gasteiger partial charge in [0.05, 0.1) is 5.69 Å². The van der Waals surface area contributed by atoms with Crippen LogP contribution < -0.4 is 5.32 Å². The topological polar surface area (TPSA) is 42.0 Å². The fourth-order valence-corrected chi connectivity index (χ4v) is 3.26. The van der Waals surface area contributed by atoms with Gasteiger partial charge in [-0.1, -0.05) is 46.3 Å². The number of hydrogen-bond acceptors (Lipinski definition) is 3. The van der Waals surface area contributed by atoms with Gasteiger partial charge in [0.1, 0.15) is 9.88 Å². The number of amides is 1. The van der Waals surface area contributed by atoms with Gasteiger partial charge in [0.2, 0.25) is 0 Å². The number of aromatic nitrogens is 1. The summed E-state index contributed by atoms with van der Waals surface area (Å²) in [5.41, 5.74) is 2.54. The van der Waals surface area contributed by atoms with E-state index in [2.05, 4.69) is 26.2 Å². The Balaban J connectivity index is 1.86. The van der Waals surface area contributed by atoms with Crippen LogP contribution in [0.3, 0.4) is 0 Å². The zero-order valence-corrected chi connectivity index (χ0v) is 14.2. The maximum Gasteiger partial charge on any atom is 0.267 e. The first kappa shape index (κ1) is 14.9. The summed E-state index contributed by atoms with van der Waals surface area (Å²) >= 11 is 4.82. The van der Waals surface area contributed by atoms with Crippen LogP contribution in [0.4, 0.5) is 5.69 Å². The second kappa shape index (κ2) is 6.42. The summed E-state index contributed by atoms with van der Waals surface area (Å²) in [6, 6.07) is 17.3. The van der Waals surface area contributed by atoms with E-state index in [0.717, 1.165) is 26.4 Å². The van der Waals surface area contributed by atoms with Gasteiger partial charge in [-0.15, -0.1) is 11.3 Å². The van der Waals surface area contributed by atoms with Crippen LogP contribution in [0.2, 0.25) is 0 Å². The van der Waals surface area contributed by atoms with E-state index in [9.17, 15) is 4.79 Å². The molecule has 0 saturated carbocycles. The summed E-state index contributed by atoms with van der Waals surface area (Å²) in [6.45, 7) is 1.86. The number of para-hydroxylation sites is 1. The van der Waals surface area contributed by atoms with E-state index in [-0.39, 0.29) is 5.91 Å². The Labute approximate surface area is 141 Å². The number of thiazole rings is 1. The molecular weight excluding hydrogens is 360 g/mol. The van der Waals surface area contributed by atoms with Crippen LogP contribution in [-0.4, -0.2) is 10.9 Å². The van der Waals surface area contributed by atoms with Crippen molar-refractivity contribution in [3.63, 3.8) is 0 Å². The third-order valence-electron chi connectivity index (χ3n) is 3.13. The molecular formula is C17H13BrN2OS. The van der Waals surface area contributed by atoms with Gasteiger partial charge < -0.3 is 5.32 Å². The fourth-order valence-electron chi connectivity index (χ4n) is 2.03. The molecule has 1 heterocycles. The van der Waals surface area contributed by atoms with Crippen LogP contribution in [0, 0.1) is 6.92 Å². The minimum atomic E-state index is -0.121. The van der Waals surface area contributed by atoms with Gasteiger partial charge in [0, 0.05) is 15.7 Å². The number of nitrogens with zero attached hydrogens (tertiary/aromatic N) is 1. The van der Waals surface area contributed by atoms with Crippen LogP contribution in [0.5, 0.6) is 0 Å². The predicted molar refractivity (Wildman–Crippen MR) is 94.4 cm³/mol. The highest BCUT2D eigenvalue weighted by Gasteiger charge is 2.16. The number of benzene rings is 2. The van der Waals surface area contributed by atoms with E-state index in [0.29, 0.717) is 4.88 Å². The summed E-state index contributed by atoms with van der Waals surface area (Å²) in [6.07, 6.45) is 0. The Hall–Kier alpha value is -1.98. The van der Waals surface area contributed by atoms with Crippen LogP contribution in [0.25, 0.3) is 10.6 Å². The number of nitrogens with one attached hydrogen (secondary N) is 1. The van der Waals surface area contributed by atoms with E-state index in [4.69, 9.17) is 0 Å². The molecule has 0 aliphatic carbocycles. The quantitative estimate of drug-likeness (QED) is 0.691. The maximum atomic E-state index is 12.4. The van der Waals surface area contributed by atoms with E-state index < -0.39 is 0 Å². The largest absolute Gasteiger partial charge is 0.321 e. The normalized spacial score (nSPS) is 10.5. The molecule has 1 aromatic heterocycles. The van der Waals surface area contributed by atoms with Crippen molar-refractivity contribution >= 4 is 38.9 Å². The standard InChI is InChI=1S/C17H13BrN2OS/c1-11-15(16(21)20-14-5-3-2-4-6-14)22-17(19-11)12-7-9-13(18)10-8-12/h2-10H,1H3,(H,20,21). The molecule has 0 aliphatic rings. The molecule has 0 bridgehead atoms. The molecule has 3 nitrogen and oxygen atoms in total. The summed E-state index contributed by atoms with van der Waals surface area (Å²) < 4.78 is 1.02. The fraction of sp³-hybridized carbons (Fsp3) is 0.0588. The van der Waals surface area contributed by atoms with Crippen molar-refractivity contribution < 1.29 is 4.79 Å². The van der Waals surface area contributed by atoms with Gasteiger partial charge in [-0.25, -0.2) is 4.98 Å². The summed E-state index contributed by atoms with van der Waals surface area (Å²) in [4.78, 5) is 17.5. The number of anilines is 1. The maximum absolute atomic E-state index is 12.4. The van der Waals surface area contributed by atoms with Crippen molar-refractivity contribution in [2.24, 2.45) is 0 Å². The highest BCUT2D eigenvalue weighted by Crippen LogP contribution is 2.29. The van der Waals surface area contributed by atoms with Gasteiger partial charge in [-0.2, -0.15) is 0 Å². The summed E-state index contributed by atoms with van der Waals surface area (Å²) in [5.74, 6) is -0.121. The molecule has 0 spiro atoms. The second-order valence-corrected chi connectivity index (χ2v) is 6.68. The minimum absolute atomic E-state index is 0.121. The molecule has 5 heteroatoms. The lowest BCUT2D eigenvalue weighted by Gasteiger charge is -2.02. The second-order valence-electron chi connectivity index (χ2n) is 4.76. The smallest absolute Gasteiger partial charge is 0.267 e. The van der Waals surface area contributed by atoms with Gasteiger partial charge in [0.25, 0.3) is 5.91 Å². The monoisotopic (exact) mass is 372 g/mol. The molecule has 1 N–H and O–H groups in total. The number of hydrogen-bond donors (Lipinski definition) is 1. The lowest BCUT2D eigenvalue weighted by molar-refractivity contribution is 0.103. The minimum Gasteiger partial charge on any atom is -0.321 e. The Morgan fingerprint density at radius 3 is 2.45 bits per heavy atom. The highest BCUT2D eigenvalue weighted by molar-refractivity contribution is 9.10. The van der Waals surface area contributed by atoms with Crippen LogP contribution in [0.1, 0.15) is 15.4 Å². The van der Waals surface area contributed by atoms with E-state index in [1.807, 2.05) is 61.5 Å². The number of carbonyl (C=O) groups is 1. The van der Waals surface area contributed by atoms with Crippen LogP contribution >= 0.6 is 27.3 Å². The number of halogens is 1. The van der Waals surface area contributed by atoms with Gasteiger partial charge in [-0.05, 0) is 31.2 Å². The van der Waals surface area contributed by atoms with Crippen molar-refractivity contribution in [3.05, 3.63) is 69.6 Å². The van der Waals surface area contributed by atoms with Crippen molar-refractivity contribution in [2.75, 3.05) is 5.32 Å². The Morgan fingerprint density at radius 2 is 1.77 bits per heavy atom. The van der Waals surface area contributed by atoms with E-state index in [1.165, 1.54) is 11.3 Å². The number of aryl methyl sites for hydroxylation is 1. The SMILES string of the molecule is Cc1nc(-c2ccc(Br)cc2)sc1C(=O)Nc1ccccc1. The van der Waals surface area contributed by atoms with Crippen LogP contribution in [0.15, 0.2) is 59.1 Å². The van der Waals surface area contributed by atoms with Gasteiger partial charge in [0.15, 0.2) is 0 Å². The van der Waals surface area contributed by atoms with Crippen LogP contribution in [-0.2, 0) is 0 Å². The molecule has 0 aliphatic heterocycles. The molecule has 0 saturated heterocycles. The van der Waals surface area contributed by atoms with Gasteiger partial charge >= 0.3 is 0 Å². The predicted octanol–water partition coefficient (Wildman–Crippen LogP) is 5.13. The van der Waals surface area contributed by atoms with Crippen molar-refractivity contribution in [1.29, 1.82) is 0 Å². The molecule has 110 valence electrons. The summed E-state index contributed by atoms with van der Waals surface area (Å²) in [5, 5.41) is 3.75. The van der Waals surface area contributed by atoms with Crippen molar-refractivity contribution in [2.45, 2.75) is 6.92 Å². The van der Waals surface area contributed by atoms with E-state index in [1.54, 1.807) is 0 Å². The molecule has 1 amide bonds. The molecule has 0 radical (unpaired) electrons. The molecule has 0 atom stereocenters. The first-order valence-corrected chi connectivity index (χ1v) is 8.34. The highest BCUT2D eigenvalue weighted by atomic mass is 79.9. The first-order valence-electron chi connectivity index (χ1n) is 6.73. The number of rotatable bonds is 3. The zero-order chi connectivity index (χ0) is 15.5. The molecule has 2 aromatic carbocycles. The zero-order valence-electron chi connectivity index (χ0n) is 11.8. The Bertz CT molecular complexity index is 797.